The van der Waals surface area contributed by atoms with E-state index in [1.165, 1.54) is 38.5 Å². The summed E-state index contributed by atoms with van der Waals surface area (Å²) in [7, 11) is 1.87. The Morgan fingerprint density at radius 2 is 2.05 bits per heavy atom. The van der Waals surface area contributed by atoms with E-state index in [2.05, 4.69) is 26.1 Å². The fraction of sp³-hybridized carbons (Fsp3) is 1.00. The van der Waals surface area contributed by atoms with Gasteiger partial charge in [0.05, 0.1) is 11.7 Å². The molecular weight excluding hydrogens is 250 g/mol. The smallest absolute Gasteiger partial charge is 0.0825 e. The third-order valence-electron chi connectivity index (χ3n) is 4.92. The van der Waals surface area contributed by atoms with E-state index in [1.54, 1.807) is 0 Å². The van der Waals surface area contributed by atoms with E-state index in [0.717, 1.165) is 26.0 Å². The van der Waals surface area contributed by atoms with Crippen molar-refractivity contribution in [2.24, 2.45) is 0 Å². The normalized spacial score (nSPS) is 21.3. The summed E-state index contributed by atoms with van der Waals surface area (Å²) in [4.78, 5) is 0. The number of rotatable bonds is 11. The first kappa shape index (κ1) is 17.9. The SMILES string of the molecule is CCCNC(CCCC1CCCO1)C(CC)(CC)OC. The van der Waals surface area contributed by atoms with Gasteiger partial charge in [-0.05, 0) is 57.9 Å². The molecule has 1 fully saturated rings. The first-order valence-corrected chi connectivity index (χ1v) is 8.62. The quantitative estimate of drug-likeness (QED) is 0.624. The maximum Gasteiger partial charge on any atom is 0.0825 e. The van der Waals surface area contributed by atoms with Gasteiger partial charge in [0.2, 0.25) is 0 Å². The van der Waals surface area contributed by atoms with E-state index in [4.69, 9.17) is 9.47 Å². The lowest BCUT2D eigenvalue weighted by atomic mass is 9.84. The standard InChI is InChI=1S/C17H35NO2/c1-5-13-18-16(17(6-2,7-3)19-4)12-8-10-15-11-9-14-20-15/h15-16,18H,5-14H2,1-4H3. The lowest BCUT2D eigenvalue weighted by Gasteiger charge is -2.39. The van der Waals surface area contributed by atoms with E-state index in [0.29, 0.717) is 12.1 Å². The molecule has 1 aliphatic heterocycles. The summed E-state index contributed by atoms with van der Waals surface area (Å²) in [6.45, 7) is 8.76. The van der Waals surface area contributed by atoms with Crippen LogP contribution in [0.4, 0.5) is 0 Å². The molecule has 0 aromatic rings. The molecule has 20 heavy (non-hydrogen) atoms. The van der Waals surface area contributed by atoms with Crippen LogP contribution >= 0.6 is 0 Å². The Labute approximate surface area is 125 Å². The molecule has 0 spiro atoms. The number of ether oxygens (including phenoxy) is 2. The molecule has 0 aliphatic carbocycles. The fourth-order valence-corrected chi connectivity index (χ4v) is 3.47. The zero-order chi connectivity index (χ0) is 14.8. The predicted octanol–water partition coefficient (Wildman–Crippen LogP) is 3.91. The molecule has 1 aliphatic rings. The van der Waals surface area contributed by atoms with E-state index in [1.807, 2.05) is 7.11 Å². The molecule has 120 valence electrons. The average molecular weight is 285 g/mol. The van der Waals surface area contributed by atoms with Crippen LogP contribution in [0.5, 0.6) is 0 Å². The van der Waals surface area contributed by atoms with Crippen LogP contribution in [-0.2, 0) is 9.47 Å². The van der Waals surface area contributed by atoms with Crippen LogP contribution in [0.2, 0.25) is 0 Å². The highest BCUT2D eigenvalue weighted by Gasteiger charge is 2.35. The van der Waals surface area contributed by atoms with Gasteiger partial charge in [-0.25, -0.2) is 0 Å². The van der Waals surface area contributed by atoms with Gasteiger partial charge in [-0.1, -0.05) is 20.8 Å². The summed E-state index contributed by atoms with van der Waals surface area (Å²) in [5.74, 6) is 0. The van der Waals surface area contributed by atoms with Crippen LogP contribution in [0.25, 0.3) is 0 Å². The summed E-state index contributed by atoms with van der Waals surface area (Å²) in [5.41, 5.74) is -0.00823. The molecule has 1 N–H and O–H groups in total. The van der Waals surface area contributed by atoms with Crippen molar-refractivity contribution in [2.45, 2.75) is 89.9 Å². The van der Waals surface area contributed by atoms with Gasteiger partial charge in [0, 0.05) is 19.8 Å². The number of hydrogen-bond acceptors (Lipinski definition) is 3. The molecule has 0 aromatic heterocycles. The second-order valence-electron chi connectivity index (χ2n) is 6.05. The molecule has 0 saturated carbocycles. The maximum absolute atomic E-state index is 5.92. The monoisotopic (exact) mass is 285 g/mol. The number of nitrogens with one attached hydrogen (secondary N) is 1. The first-order chi connectivity index (χ1) is 9.72. The van der Waals surface area contributed by atoms with Gasteiger partial charge >= 0.3 is 0 Å². The highest BCUT2D eigenvalue weighted by atomic mass is 16.5. The van der Waals surface area contributed by atoms with Crippen molar-refractivity contribution in [3.8, 4) is 0 Å². The summed E-state index contributed by atoms with van der Waals surface area (Å²) in [6, 6.07) is 0.462. The second-order valence-corrected chi connectivity index (χ2v) is 6.05. The molecule has 0 amide bonds. The van der Waals surface area contributed by atoms with Crippen LogP contribution in [0, 0.1) is 0 Å². The molecule has 0 aromatic carbocycles. The van der Waals surface area contributed by atoms with E-state index in [9.17, 15) is 0 Å². The minimum atomic E-state index is -0.00823. The fourth-order valence-electron chi connectivity index (χ4n) is 3.47. The Balaban J connectivity index is 2.48. The van der Waals surface area contributed by atoms with Crippen LogP contribution < -0.4 is 5.32 Å². The Bertz CT molecular complexity index is 227. The van der Waals surface area contributed by atoms with Crippen molar-refractivity contribution in [1.29, 1.82) is 0 Å². The van der Waals surface area contributed by atoms with Crippen molar-refractivity contribution in [2.75, 3.05) is 20.3 Å². The predicted molar refractivity (Wildman–Crippen MR) is 85.2 cm³/mol. The van der Waals surface area contributed by atoms with E-state index < -0.39 is 0 Å². The molecular formula is C17H35NO2. The van der Waals surface area contributed by atoms with Crippen LogP contribution in [0.3, 0.4) is 0 Å². The molecule has 3 heteroatoms. The van der Waals surface area contributed by atoms with Gasteiger partial charge in [-0.3, -0.25) is 0 Å². The lowest BCUT2D eigenvalue weighted by molar-refractivity contribution is -0.0505. The Hall–Kier alpha value is -0.120. The lowest BCUT2D eigenvalue weighted by Crippen LogP contribution is -2.51. The van der Waals surface area contributed by atoms with Gasteiger partial charge in [-0.2, -0.15) is 0 Å². The molecule has 1 rings (SSSR count). The van der Waals surface area contributed by atoms with Crippen molar-refractivity contribution < 1.29 is 9.47 Å². The van der Waals surface area contributed by atoms with Gasteiger partial charge in [0.15, 0.2) is 0 Å². The number of methoxy groups -OCH3 is 1. The molecule has 3 nitrogen and oxygen atoms in total. The Morgan fingerprint density at radius 3 is 2.55 bits per heavy atom. The van der Waals surface area contributed by atoms with Crippen molar-refractivity contribution in [3.63, 3.8) is 0 Å². The highest BCUT2D eigenvalue weighted by molar-refractivity contribution is 4.91. The summed E-state index contributed by atoms with van der Waals surface area (Å²) in [6.07, 6.45) is 9.96. The minimum Gasteiger partial charge on any atom is -0.378 e. The van der Waals surface area contributed by atoms with Crippen molar-refractivity contribution in [1.82, 2.24) is 5.32 Å². The third kappa shape index (κ3) is 5.01. The summed E-state index contributed by atoms with van der Waals surface area (Å²) >= 11 is 0. The summed E-state index contributed by atoms with van der Waals surface area (Å²) < 4.78 is 11.7. The largest absolute Gasteiger partial charge is 0.378 e. The Morgan fingerprint density at radius 1 is 1.30 bits per heavy atom. The second kappa shape index (κ2) is 9.75. The van der Waals surface area contributed by atoms with Crippen molar-refractivity contribution in [3.05, 3.63) is 0 Å². The van der Waals surface area contributed by atoms with Crippen molar-refractivity contribution >= 4 is 0 Å². The van der Waals surface area contributed by atoms with Gasteiger partial charge in [0.25, 0.3) is 0 Å². The topological polar surface area (TPSA) is 30.5 Å². The van der Waals surface area contributed by atoms with Crippen LogP contribution in [0.15, 0.2) is 0 Å². The molecule has 2 unspecified atom stereocenters. The first-order valence-electron chi connectivity index (χ1n) is 8.62. The molecule has 2 atom stereocenters. The van der Waals surface area contributed by atoms with Crippen LogP contribution in [-0.4, -0.2) is 38.0 Å². The average Bonchev–Trinajstić information content (AvgIpc) is 2.99. The van der Waals surface area contributed by atoms with Gasteiger partial charge in [0.1, 0.15) is 0 Å². The Kier molecular flexibility index (Phi) is 8.74. The van der Waals surface area contributed by atoms with E-state index >= 15 is 0 Å². The maximum atomic E-state index is 5.92. The summed E-state index contributed by atoms with van der Waals surface area (Å²) in [5, 5.41) is 3.72. The zero-order valence-corrected chi connectivity index (χ0v) is 14.0. The molecule has 0 radical (unpaired) electrons. The zero-order valence-electron chi connectivity index (χ0n) is 14.0. The third-order valence-corrected chi connectivity index (χ3v) is 4.92. The highest BCUT2D eigenvalue weighted by Crippen LogP contribution is 2.28. The van der Waals surface area contributed by atoms with Gasteiger partial charge in [-0.15, -0.1) is 0 Å². The molecule has 1 heterocycles. The van der Waals surface area contributed by atoms with Crippen LogP contribution in [0.1, 0.15) is 72.1 Å². The molecule has 1 saturated heterocycles. The number of hydrogen-bond donors (Lipinski definition) is 1. The van der Waals surface area contributed by atoms with Gasteiger partial charge < -0.3 is 14.8 Å². The minimum absolute atomic E-state index is 0.00823. The van der Waals surface area contributed by atoms with E-state index in [-0.39, 0.29) is 5.60 Å². The molecule has 0 bridgehead atoms.